The Morgan fingerprint density at radius 3 is 2.22 bits per heavy atom. The van der Waals surface area contributed by atoms with Crippen LogP contribution in [0.5, 0.6) is 0 Å². The van der Waals surface area contributed by atoms with E-state index >= 15 is 0 Å². The third kappa shape index (κ3) is 3.21. The van der Waals surface area contributed by atoms with E-state index in [1.807, 2.05) is 6.07 Å². The van der Waals surface area contributed by atoms with Crippen molar-refractivity contribution in [2.45, 2.75) is 6.04 Å². The Kier molecular flexibility index (Phi) is 4.05. The number of anilines is 1. The van der Waals surface area contributed by atoms with Gasteiger partial charge in [-0.25, -0.2) is 0 Å². The van der Waals surface area contributed by atoms with E-state index in [1.54, 1.807) is 48.5 Å². The molecule has 0 saturated carbocycles. The molecule has 1 aliphatic heterocycles. The zero-order chi connectivity index (χ0) is 16.2. The highest BCUT2D eigenvalue weighted by atomic mass is 16.2. The molecule has 6 heteroatoms. The van der Waals surface area contributed by atoms with Crippen molar-refractivity contribution >= 4 is 23.4 Å². The van der Waals surface area contributed by atoms with Gasteiger partial charge in [0.15, 0.2) is 0 Å². The minimum atomic E-state index is -0.847. The summed E-state index contributed by atoms with van der Waals surface area (Å²) in [5, 5.41) is 8.03. The number of nitrogens with one attached hydrogen (secondary N) is 3. The molecule has 6 nitrogen and oxygen atoms in total. The smallest absolute Gasteiger partial charge is 0.252 e. The Morgan fingerprint density at radius 2 is 1.52 bits per heavy atom. The fourth-order valence-corrected chi connectivity index (χ4v) is 2.37. The Bertz CT molecular complexity index is 759. The number of amides is 3. The molecule has 1 atom stereocenters. The lowest BCUT2D eigenvalue weighted by molar-refractivity contribution is -0.117. The van der Waals surface area contributed by atoms with E-state index < -0.39 is 11.9 Å². The van der Waals surface area contributed by atoms with Crippen molar-refractivity contribution in [3.05, 3.63) is 65.7 Å². The number of hydrogen-bond acceptors (Lipinski definition) is 3. The third-order valence-corrected chi connectivity index (χ3v) is 3.55. The van der Waals surface area contributed by atoms with Crippen LogP contribution in [0.1, 0.15) is 20.7 Å². The lowest BCUT2D eigenvalue weighted by atomic mass is 10.0. The Balaban J connectivity index is 1.80. The molecule has 0 radical (unpaired) electrons. The number of rotatable bonds is 2. The minimum Gasteiger partial charge on any atom is -0.349 e. The second-order valence-corrected chi connectivity index (χ2v) is 5.14. The molecule has 0 fully saturated rings. The summed E-state index contributed by atoms with van der Waals surface area (Å²) in [5.41, 5.74) is 1.18. The zero-order valence-electron chi connectivity index (χ0n) is 12.2. The highest BCUT2D eigenvalue weighted by Gasteiger charge is 2.27. The van der Waals surface area contributed by atoms with Gasteiger partial charge in [-0.05, 0) is 24.3 Å². The van der Waals surface area contributed by atoms with Crippen LogP contribution in [0.4, 0.5) is 5.69 Å². The van der Waals surface area contributed by atoms with Gasteiger partial charge in [-0.2, -0.15) is 0 Å². The largest absolute Gasteiger partial charge is 0.349 e. The zero-order valence-corrected chi connectivity index (χ0v) is 12.2. The molecule has 0 bridgehead atoms. The first kappa shape index (κ1) is 14.8. The molecule has 1 unspecified atom stereocenters. The first-order chi connectivity index (χ1) is 11.1. The van der Waals surface area contributed by atoms with E-state index in [2.05, 4.69) is 16.0 Å². The molecule has 3 amide bonds. The van der Waals surface area contributed by atoms with Crippen LogP contribution in [-0.2, 0) is 4.79 Å². The summed E-state index contributed by atoms with van der Waals surface area (Å²) in [7, 11) is 0. The molecular formula is C17H15N3O3. The number of carbonyl (C=O) groups is 3. The molecule has 0 aromatic heterocycles. The van der Waals surface area contributed by atoms with E-state index in [9.17, 15) is 14.4 Å². The SMILES string of the molecule is O=C1NCC(C(=O)Nc2ccccc2)NC(=O)c2ccccc21. The lowest BCUT2D eigenvalue weighted by Gasteiger charge is -2.22. The maximum Gasteiger partial charge on any atom is 0.252 e. The van der Waals surface area contributed by atoms with Crippen LogP contribution in [0.25, 0.3) is 0 Å². The molecule has 23 heavy (non-hydrogen) atoms. The molecule has 1 aliphatic rings. The maximum atomic E-state index is 12.3. The predicted molar refractivity (Wildman–Crippen MR) is 85.1 cm³/mol. The van der Waals surface area contributed by atoms with Gasteiger partial charge in [-0.15, -0.1) is 0 Å². The fourth-order valence-electron chi connectivity index (χ4n) is 2.37. The van der Waals surface area contributed by atoms with E-state index in [-0.39, 0.29) is 23.9 Å². The molecule has 2 aromatic rings. The van der Waals surface area contributed by atoms with Crippen molar-refractivity contribution in [1.29, 1.82) is 0 Å². The number of fused-ring (bicyclic) bond motifs is 1. The summed E-state index contributed by atoms with van der Waals surface area (Å²) in [6.07, 6.45) is 0. The van der Waals surface area contributed by atoms with E-state index in [1.165, 1.54) is 0 Å². The molecule has 3 N–H and O–H groups in total. The highest BCUT2D eigenvalue weighted by molar-refractivity contribution is 6.10. The minimum absolute atomic E-state index is 0.0254. The van der Waals surface area contributed by atoms with Gasteiger partial charge in [0.2, 0.25) is 5.91 Å². The third-order valence-electron chi connectivity index (χ3n) is 3.55. The molecule has 2 aromatic carbocycles. The number of benzene rings is 2. The molecule has 1 heterocycles. The van der Waals surface area contributed by atoms with E-state index in [0.717, 1.165) is 0 Å². The number of hydrogen-bond donors (Lipinski definition) is 3. The monoisotopic (exact) mass is 309 g/mol. The van der Waals surface area contributed by atoms with Crippen LogP contribution < -0.4 is 16.0 Å². The van der Waals surface area contributed by atoms with Crippen LogP contribution >= 0.6 is 0 Å². The Morgan fingerprint density at radius 1 is 0.913 bits per heavy atom. The number of para-hydroxylation sites is 1. The van der Waals surface area contributed by atoms with Gasteiger partial charge in [0, 0.05) is 12.2 Å². The van der Waals surface area contributed by atoms with Crippen LogP contribution in [0, 0.1) is 0 Å². The van der Waals surface area contributed by atoms with Crippen molar-refractivity contribution in [3.8, 4) is 0 Å². The predicted octanol–water partition coefficient (Wildman–Crippen LogP) is 1.17. The normalized spacial score (nSPS) is 17.1. The lowest BCUT2D eigenvalue weighted by Crippen LogP contribution is -2.52. The summed E-state index contributed by atoms with van der Waals surface area (Å²) >= 11 is 0. The fraction of sp³-hybridized carbons (Fsp3) is 0.118. The maximum absolute atomic E-state index is 12.3. The summed E-state index contributed by atoms with van der Waals surface area (Å²) < 4.78 is 0. The van der Waals surface area contributed by atoms with Crippen LogP contribution in [0.2, 0.25) is 0 Å². The van der Waals surface area contributed by atoms with Crippen LogP contribution in [-0.4, -0.2) is 30.3 Å². The second kappa shape index (κ2) is 6.31. The summed E-state index contributed by atoms with van der Waals surface area (Å²) in [5.74, 6) is -1.19. The quantitative estimate of drug-likeness (QED) is 0.778. The summed E-state index contributed by atoms with van der Waals surface area (Å²) in [6.45, 7) is 0.0254. The Labute approximate surface area is 132 Å². The van der Waals surface area contributed by atoms with Crippen molar-refractivity contribution in [2.75, 3.05) is 11.9 Å². The molecule has 116 valence electrons. The van der Waals surface area contributed by atoms with Gasteiger partial charge in [0.25, 0.3) is 11.8 Å². The average molecular weight is 309 g/mol. The average Bonchev–Trinajstić information content (AvgIpc) is 2.57. The van der Waals surface area contributed by atoms with Gasteiger partial charge in [0.05, 0.1) is 11.1 Å². The highest BCUT2D eigenvalue weighted by Crippen LogP contribution is 2.12. The molecule has 0 saturated heterocycles. The Hall–Kier alpha value is -3.15. The van der Waals surface area contributed by atoms with Crippen molar-refractivity contribution in [3.63, 3.8) is 0 Å². The van der Waals surface area contributed by atoms with Gasteiger partial charge in [-0.1, -0.05) is 30.3 Å². The second-order valence-electron chi connectivity index (χ2n) is 5.14. The van der Waals surface area contributed by atoms with Crippen molar-refractivity contribution < 1.29 is 14.4 Å². The molecular weight excluding hydrogens is 294 g/mol. The molecule has 0 aliphatic carbocycles. The molecule has 0 spiro atoms. The van der Waals surface area contributed by atoms with Crippen molar-refractivity contribution in [2.24, 2.45) is 0 Å². The molecule has 3 rings (SSSR count). The van der Waals surface area contributed by atoms with Gasteiger partial charge >= 0.3 is 0 Å². The van der Waals surface area contributed by atoms with E-state index in [4.69, 9.17) is 0 Å². The summed E-state index contributed by atoms with van der Waals surface area (Å²) in [6, 6.07) is 14.6. The van der Waals surface area contributed by atoms with Gasteiger partial charge in [-0.3, -0.25) is 14.4 Å². The van der Waals surface area contributed by atoms with Crippen molar-refractivity contribution in [1.82, 2.24) is 10.6 Å². The topological polar surface area (TPSA) is 87.3 Å². The standard InChI is InChI=1S/C17H15N3O3/c21-15-12-8-4-5-9-13(12)16(22)20-14(10-18-15)17(23)19-11-6-2-1-3-7-11/h1-9,14H,10H2,(H,18,21)(H,19,23)(H,20,22). The van der Waals surface area contributed by atoms with Crippen LogP contribution in [0.3, 0.4) is 0 Å². The first-order valence-electron chi connectivity index (χ1n) is 7.19. The number of carbonyl (C=O) groups excluding carboxylic acids is 3. The summed E-state index contributed by atoms with van der Waals surface area (Å²) in [4.78, 5) is 36.7. The van der Waals surface area contributed by atoms with E-state index in [0.29, 0.717) is 11.3 Å². The first-order valence-corrected chi connectivity index (χ1v) is 7.19. The van der Waals surface area contributed by atoms with Crippen LogP contribution in [0.15, 0.2) is 54.6 Å². The van der Waals surface area contributed by atoms with Gasteiger partial charge in [0.1, 0.15) is 6.04 Å². The van der Waals surface area contributed by atoms with Gasteiger partial charge < -0.3 is 16.0 Å².